The zero-order chi connectivity index (χ0) is 14.4. The van der Waals surface area contributed by atoms with Gasteiger partial charge in [0, 0.05) is 9.26 Å². The molecule has 4 heteroatoms. The van der Waals surface area contributed by atoms with E-state index in [1.165, 1.54) is 5.56 Å². The van der Waals surface area contributed by atoms with E-state index in [9.17, 15) is 4.79 Å². The Morgan fingerprint density at radius 2 is 2.00 bits per heavy atom. The molecule has 2 aromatic carbocycles. The van der Waals surface area contributed by atoms with Crippen molar-refractivity contribution >= 4 is 34.2 Å². The third kappa shape index (κ3) is 4.52. The Balaban J connectivity index is 1.89. The molecule has 1 amide bonds. The maximum atomic E-state index is 11.8. The third-order valence-electron chi connectivity index (χ3n) is 2.78. The van der Waals surface area contributed by atoms with Crippen LogP contribution < -0.4 is 10.1 Å². The van der Waals surface area contributed by atoms with Gasteiger partial charge in [-0.1, -0.05) is 25.1 Å². The first kappa shape index (κ1) is 14.8. The van der Waals surface area contributed by atoms with Gasteiger partial charge in [0.15, 0.2) is 6.61 Å². The lowest BCUT2D eigenvalue weighted by Gasteiger charge is -2.08. The van der Waals surface area contributed by atoms with Crippen LogP contribution >= 0.6 is 22.6 Å². The minimum Gasteiger partial charge on any atom is -0.484 e. The van der Waals surface area contributed by atoms with Crippen molar-refractivity contribution in [1.29, 1.82) is 0 Å². The molecule has 0 fully saturated rings. The van der Waals surface area contributed by atoms with Crippen molar-refractivity contribution in [2.24, 2.45) is 0 Å². The first-order valence-corrected chi connectivity index (χ1v) is 7.52. The second-order valence-electron chi connectivity index (χ2n) is 4.35. The third-order valence-corrected chi connectivity index (χ3v) is 3.46. The molecule has 0 unspecified atom stereocenters. The molecule has 1 N–H and O–H groups in total. The van der Waals surface area contributed by atoms with Crippen molar-refractivity contribution in [2.75, 3.05) is 11.9 Å². The normalized spacial score (nSPS) is 10.1. The quantitative estimate of drug-likeness (QED) is 0.799. The number of carbonyl (C=O) groups excluding carboxylic acids is 1. The molecule has 2 rings (SSSR count). The Kier molecular flexibility index (Phi) is 5.40. The summed E-state index contributed by atoms with van der Waals surface area (Å²) in [5.41, 5.74) is 2.00. The number of nitrogens with one attached hydrogen (secondary N) is 1. The van der Waals surface area contributed by atoms with Gasteiger partial charge in [-0.25, -0.2) is 0 Å². The highest BCUT2D eigenvalue weighted by Crippen LogP contribution is 2.15. The fourth-order valence-electron chi connectivity index (χ4n) is 1.77. The fourth-order valence-corrected chi connectivity index (χ4v) is 2.29. The standard InChI is InChI=1S/C16H16INO2/c1-2-12-5-3-7-14(9-12)18-16(19)11-20-15-8-4-6-13(17)10-15/h3-10H,2,11H2,1H3,(H,18,19). The van der Waals surface area contributed by atoms with Gasteiger partial charge in [-0.05, 0) is 64.9 Å². The molecule has 0 aliphatic rings. The molecule has 0 aliphatic carbocycles. The van der Waals surface area contributed by atoms with Crippen LogP contribution in [0.4, 0.5) is 5.69 Å². The highest BCUT2D eigenvalue weighted by atomic mass is 127. The van der Waals surface area contributed by atoms with Crippen molar-refractivity contribution in [3.8, 4) is 5.75 Å². The average molecular weight is 381 g/mol. The first-order valence-electron chi connectivity index (χ1n) is 6.44. The number of anilines is 1. The minimum atomic E-state index is -0.155. The maximum Gasteiger partial charge on any atom is 0.262 e. The van der Waals surface area contributed by atoms with Crippen LogP contribution in [0.15, 0.2) is 48.5 Å². The molecule has 0 heterocycles. The van der Waals surface area contributed by atoms with Crippen LogP contribution in [-0.4, -0.2) is 12.5 Å². The van der Waals surface area contributed by atoms with E-state index in [-0.39, 0.29) is 12.5 Å². The van der Waals surface area contributed by atoms with Gasteiger partial charge < -0.3 is 10.1 Å². The average Bonchev–Trinajstić information content (AvgIpc) is 2.45. The van der Waals surface area contributed by atoms with Crippen LogP contribution in [0.2, 0.25) is 0 Å². The zero-order valence-corrected chi connectivity index (χ0v) is 13.4. The van der Waals surface area contributed by atoms with Crippen LogP contribution in [0, 0.1) is 3.57 Å². The smallest absolute Gasteiger partial charge is 0.262 e. The molecule has 2 aromatic rings. The van der Waals surface area contributed by atoms with Crippen LogP contribution in [0.25, 0.3) is 0 Å². The van der Waals surface area contributed by atoms with Gasteiger partial charge >= 0.3 is 0 Å². The summed E-state index contributed by atoms with van der Waals surface area (Å²) >= 11 is 2.21. The predicted octanol–water partition coefficient (Wildman–Crippen LogP) is 3.87. The van der Waals surface area contributed by atoms with Gasteiger partial charge in [-0.2, -0.15) is 0 Å². The van der Waals surface area contributed by atoms with Gasteiger partial charge in [0.1, 0.15) is 5.75 Å². The number of rotatable bonds is 5. The second-order valence-corrected chi connectivity index (χ2v) is 5.59. The second kappa shape index (κ2) is 7.28. The van der Waals surface area contributed by atoms with Gasteiger partial charge in [0.05, 0.1) is 0 Å². The van der Waals surface area contributed by atoms with Crippen molar-refractivity contribution in [3.63, 3.8) is 0 Å². The number of ether oxygens (including phenoxy) is 1. The van der Waals surface area contributed by atoms with Crippen molar-refractivity contribution < 1.29 is 9.53 Å². The lowest BCUT2D eigenvalue weighted by atomic mass is 10.1. The zero-order valence-electron chi connectivity index (χ0n) is 11.2. The molecule has 0 radical (unpaired) electrons. The Morgan fingerprint density at radius 1 is 1.20 bits per heavy atom. The van der Waals surface area contributed by atoms with E-state index in [0.29, 0.717) is 5.75 Å². The summed E-state index contributed by atoms with van der Waals surface area (Å²) in [4.78, 5) is 11.8. The van der Waals surface area contributed by atoms with Gasteiger partial charge in [-0.15, -0.1) is 0 Å². The summed E-state index contributed by atoms with van der Waals surface area (Å²) in [6, 6.07) is 15.4. The van der Waals surface area contributed by atoms with E-state index in [2.05, 4.69) is 34.8 Å². The number of hydrogen-bond donors (Lipinski definition) is 1. The number of amides is 1. The molecular formula is C16H16INO2. The minimum absolute atomic E-state index is 0.0104. The summed E-state index contributed by atoms with van der Waals surface area (Å²) < 4.78 is 6.54. The summed E-state index contributed by atoms with van der Waals surface area (Å²) in [7, 11) is 0. The number of benzene rings is 2. The maximum absolute atomic E-state index is 11.8. The Bertz CT molecular complexity index is 599. The van der Waals surface area contributed by atoms with Crippen molar-refractivity contribution in [1.82, 2.24) is 0 Å². The molecule has 20 heavy (non-hydrogen) atoms. The van der Waals surface area contributed by atoms with Crippen LogP contribution in [0.1, 0.15) is 12.5 Å². The highest BCUT2D eigenvalue weighted by molar-refractivity contribution is 14.1. The summed E-state index contributed by atoms with van der Waals surface area (Å²) in [6.45, 7) is 2.09. The van der Waals surface area contributed by atoms with Crippen molar-refractivity contribution in [2.45, 2.75) is 13.3 Å². The molecule has 0 aromatic heterocycles. The SMILES string of the molecule is CCc1cccc(NC(=O)COc2cccc(I)c2)c1. The monoisotopic (exact) mass is 381 g/mol. The van der Waals surface area contributed by atoms with E-state index in [1.54, 1.807) is 0 Å². The van der Waals surface area contributed by atoms with E-state index >= 15 is 0 Å². The lowest BCUT2D eigenvalue weighted by molar-refractivity contribution is -0.118. The number of aryl methyl sites for hydroxylation is 1. The molecular weight excluding hydrogens is 365 g/mol. The molecule has 0 atom stereocenters. The molecule has 0 aliphatic heterocycles. The Hall–Kier alpha value is -1.56. The van der Waals surface area contributed by atoms with Gasteiger partial charge in [0.25, 0.3) is 5.91 Å². The number of hydrogen-bond acceptors (Lipinski definition) is 2. The topological polar surface area (TPSA) is 38.3 Å². The highest BCUT2D eigenvalue weighted by Gasteiger charge is 2.04. The largest absolute Gasteiger partial charge is 0.484 e. The summed E-state index contributed by atoms with van der Waals surface area (Å²) in [5, 5.41) is 2.84. The number of halogens is 1. The predicted molar refractivity (Wildman–Crippen MR) is 89.1 cm³/mol. The van der Waals surface area contributed by atoms with E-state index in [4.69, 9.17) is 4.74 Å². The summed E-state index contributed by atoms with van der Waals surface area (Å²) in [6.07, 6.45) is 0.947. The van der Waals surface area contributed by atoms with Crippen LogP contribution in [-0.2, 0) is 11.2 Å². The van der Waals surface area contributed by atoms with Gasteiger partial charge in [0.2, 0.25) is 0 Å². The molecule has 0 saturated heterocycles. The molecule has 0 spiro atoms. The molecule has 0 bridgehead atoms. The molecule has 104 valence electrons. The lowest BCUT2D eigenvalue weighted by Crippen LogP contribution is -2.20. The molecule has 3 nitrogen and oxygen atoms in total. The first-order chi connectivity index (χ1) is 9.67. The van der Waals surface area contributed by atoms with E-state index in [0.717, 1.165) is 15.7 Å². The van der Waals surface area contributed by atoms with Crippen molar-refractivity contribution in [3.05, 3.63) is 57.7 Å². The fraction of sp³-hybridized carbons (Fsp3) is 0.188. The van der Waals surface area contributed by atoms with E-state index in [1.807, 2.05) is 48.5 Å². The van der Waals surface area contributed by atoms with Crippen LogP contribution in [0.5, 0.6) is 5.75 Å². The summed E-state index contributed by atoms with van der Waals surface area (Å²) in [5.74, 6) is 0.548. The Labute approximate surface area is 132 Å². The van der Waals surface area contributed by atoms with E-state index < -0.39 is 0 Å². The molecule has 0 saturated carbocycles. The van der Waals surface area contributed by atoms with Gasteiger partial charge in [-0.3, -0.25) is 4.79 Å². The Morgan fingerprint density at radius 3 is 2.75 bits per heavy atom. The van der Waals surface area contributed by atoms with Crippen LogP contribution in [0.3, 0.4) is 0 Å². The number of carbonyl (C=O) groups is 1.